The number of benzene rings is 1. The summed E-state index contributed by atoms with van der Waals surface area (Å²) in [7, 11) is -3.49. The molecule has 0 saturated carbocycles. The van der Waals surface area contributed by atoms with Crippen molar-refractivity contribution >= 4 is 21.8 Å². The number of ether oxygens (including phenoxy) is 1. The molecule has 0 aliphatic carbocycles. The Morgan fingerprint density at radius 1 is 1.27 bits per heavy atom. The minimum atomic E-state index is -3.49. The van der Waals surface area contributed by atoms with Crippen LogP contribution in [0.1, 0.15) is 24.8 Å². The van der Waals surface area contributed by atoms with Gasteiger partial charge in [-0.05, 0) is 37.1 Å². The van der Waals surface area contributed by atoms with Gasteiger partial charge in [-0.2, -0.15) is 0 Å². The van der Waals surface area contributed by atoms with E-state index >= 15 is 0 Å². The first-order valence-electron chi connectivity index (χ1n) is 8.09. The number of sulfone groups is 1. The van der Waals surface area contributed by atoms with Gasteiger partial charge in [-0.3, -0.25) is 4.79 Å². The molecule has 26 heavy (non-hydrogen) atoms. The number of aryl methyl sites for hydroxylation is 1. The summed E-state index contributed by atoms with van der Waals surface area (Å²) in [6, 6.07) is 7.42. The lowest BCUT2D eigenvalue weighted by Gasteiger charge is -2.02. The van der Waals surface area contributed by atoms with Crippen LogP contribution in [0.5, 0.6) is 5.75 Å². The van der Waals surface area contributed by atoms with Crippen molar-refractivity contribution in [1.82, 2.24) is 15.5 Å². The zero-order valence-electron chi connectivity index (χ0n) is 14.6. The summed E-state index contributed by atoms with van der Waals surface area (Å²) >= 11 is 0. The average Bonchev–Trinajstić information content (AvgIpc) is 3.08. The van der Waals surface area contributed by atoms with Crippen LogP contribution in [0.15, 0.2) is 40.0 Å². The first kappa shape index (κ1) is 19.6. The van der Waals surface area contributed by atoms with Crippen LogP contribution in [0.2, 0.25) is 0 Å². The number of amides is 1. The normalized spacial score (nSPS) is 11.6. The minimum Gasteiger partial charge on any atom is -0.494 e. The van der Waals surface area contributed by atoms with E-state index in [9.17, 15) is 13.2 Å². The van der Waals surface area contributed by atoms with Crippen LogP contribution < -0.4 is 10.1 Å². The van der Waals surface area contributed by atoms with Crippen molar-refractivity contribution in [3.05, 3.63) is 41.8 Å². The highest BCUT2D eigenvalue weighted by Gasteiger charge is 2.16. The van der Waals surface area contributed by atoms with E-state index in [0.29, 0.717) is 26.0 Å². The van der Waals surface area contributed by atoms with E-state index in [4.69, 9.17) is 9.15 Å². The molecule has 0 bridgehead atoms. The molecule has 0 unspecified atom stereocenters. The van der Waals surface area contributed by atoms with Crippen molar-refractivity contribution in [1.29, 1.82) is 0 Å². The molecule has 8 nitrogen and oxygen atoms in total. The van der Waals surface area contributed by atoms with Crippen LogP contribution in [0.3, 0.4) is 0 Å². The predicted octanol–water partition coefficient (Wildman–Crippen LogP) is 1.63. The zero-order chi connectivity index (χ0) is 19.0. The van der Waals surface area contributed by atoms with E-state index in [-0.39, 0.29) is 11.8 Å². The molecule has 1 heterocycles. The van der Waals surface area contributed by atoms with E-state index in [2.05, 4.69) is 15.5 Å². The molecule has 2 rings (SSSR count). The molecule has 0 aliphatic heterocycles. The molecule has 2 aromatic rings. The molecule has 0 spiro atoms. The summed E-state index contributed by atoms with van der Waals surface area (Å²) in [5, 5.41) is 9.47. The van der Waals surface area contributed by atoms with Crippen molar-refractivity contribution in [2.45, 2.75) is 25.0 Å². The summed E-state index contributed by atoms with van der Waals surface area (Å²) in [6.07, 6.45) is 5.09. The molecule has 0 fully saturated rings. The fourth-order valence-electron chi connectivity index (χ4n) is 2.01. The topological polar surface area (TPSA) is 111 Å². The van der Waals surface area contributed by atoms with Crippen LogP contribution in [-0.4, -0.2) is 43.9 Å². The molecule has 1 amide bonds. The van der Waals surface area contributed by atoms with E-state index in [1.165, 1.54) is 6.08 Å². The van der Waals surface area contributed by atoms with Gasteiger partial charge in [0.15, 0.2) is 0 Å². The van der Waals surface area contributed by atoms with Gasteiger partial charge in [-0.15, -0.1) is 5.10 Å². The number of aromatic nitrogens is 2. The van der Waals surface area contributed by atoms with Crippen LogP contribution in [0, 0.1) is 0 Å². The van der Waals surface area contributed by atoms with Gasteiger partial charge in [0.05, 0.1) is 6.61 Å². The van der Waals surface area contributed by atoms with Gasteiger partial charge in [-0.1, -0.05) is 17.2 Å². The largest absolute Gasteiger partial charge is 0.494 e. The number of nitrogens with zero attached hydrogens (tertiary/aromatic N) is 2. The molecular weight excluding hydrogens is 358 g/mol. The second kappa shape index (κ2) is 9.14. The molecule has 0 radical (unpaired) electrons. The quantitative estimate of drug-likeness (QED) is 0.521. The third-order valence-electron chi connectivity index (χ3n) is 3.25. The Hall–Kier alpha value is -2.68. The van der Waals surface area contributed by atoms with Gasteiger partial charge < -0.3 is 14.5 Å². The van der Waals surface area contributed by atoms with Gasteiger partial charge in [0, 0.05) is 25.3 Å². The van der Waals surface area contributed by atoms with Gasteiger partial charge in [-0.25, -0.2) is 8.42 Å². The Morgan fingerprint density at radius 3 is 2.62 bits per heavy atom. The van der Waals surface area contributed by atoms with Gasteiger partial charge in [0.2, 0.25) is 21.6 Å². The smallest absolute Gasteiger partial charge is 0.335 e. The van der Waals surface area contributed by atoms with Gasteiger partial charge in [0.1, 0.15) is 5.75 Å². The van der Waals surface area contributed by atoms with Crippen molar-refractivity contribution in [3.63, 3.8) is 0 Å². The van der Waals surface area contributed by atoms with Crippen molar-refractivity contribution in [3.8, 4) is 5.75 Å². The molecular formula is C17H21N3O5S. The molecule has 0 aliphatic rings. The maximum Gasteiger partial charge on any atom is 0.335 e. The van der Waals surface area contributed by atoms with E-state index < -0.39 is 15.1 Å². The molecule has 1 aromatic heterocycles. The third kappa shape index (κ3) is 6.32. The van der Waals surface area contributed by atoms with Crippen LogP contribution >= 0.6 is 0 Å². The Bertz CT molecular complexity index is 857. The minimum absolute atomic E-state index is 0.221. The fourth-order valence-corrected chi connectivity index (χ4v) is 2.45. The Morgan fingerprint density at radius 2 is 2.00 bits per heavy atom. The lowest BCUT2D eigenvalue weighted by molar-refractivity contribution is -0.116. The predicted molar refractivity (Wildman–Crippen MR) is 95.4 cm³/mol. The van der Waals surface area contributed by atoms with Crippen molar-refractivity contribution in [2.75, 3.05) is 19.4 Å². The van der Waals surface area contributed by atoms with Gasteiger partial charge >= 0.3 is 5.22 Å². The monoisotopic (exact) mass is 379 g/mol. The standard InChI is InChI=1S/C17H21N3O5S/c1-3-24-14-9-6-13(7-10-14)8-11-15(21)18-12-4-5-16-19-20-17(25-16)26(2,22)23/h6-11H,3-5,12H2,1-2H3,(H,18,21)/b11-8+. The Labute approximate surface area is 152 Å². The number of carbonyl (C=O) groups excluding carboxylic acids is 1. The van der Waals surface area contributed by atoms with Crippen molar-refractivity contribution in [2.24, 2.45) is 0 Å². The molecule has 1 aromatic carbocycles. The highest BCUT2D eigenvalue weighted by atomic mass is 32.2. The lowest BCUT2D eigenvalue weighted by atomic mass is 10.2. The van der Waals surface area contributed by atoms with Gasteiger partial charge in [0.25, 0.3) is 0 Å². The summed E-state index contributed by atoms with van der Waals surface area (Å²) in [6.45, 7) is 2.93. The van der Waals surface area contributed by atoms with Crippen LogP contribution in [0.4, 0.5) is 0 Å². The number of carbonyl (C=O) groups is 1. The fraction of sp³-hybridized carbons (Fsp3) is 0.353. The number of nitrogens with one attached hydrogen (secondary N) is 1. The van der Waals surface area contributed by atoms with Crippen molar-refractivity contribution < 1.29 is 22.4 Å². The Kier molecular flexibility index (Phi) is 6.90. The second-order valence-electron chi connectivity index (χ2n) is 5.46. The summed E-state index contributed by atoms with van der Waals surface area (Å²) in [4.78, 5) is 11.8. The molecule has 9 heteroatoms. The average molecular weight is 379 g/mol. The third-order valence-corrected chi connectivity index (χ3v) is 4.05. The van der Waals surface area contributed by atoms with Crippen LogP contribution in [-0.2, 0) is 21.1 Å². The van der Waals surface area contributed by atoms with E-state index in [1.807, 2.05) is 31.2 Å². The first-order valence-corrected chi connectivity index (χ1v) is 9.99. The molecule has 140 valence electrons. The Balaban J connectivity index is 1.72. The lowest BCUT2D eigenvalue weighted by Crippen LogP contribution is -2.22. The summed E-state index contributed by atoms with van der Waals surface area (Å²) < 4.78 is 32.9. The number of hydrogen-bond donors (Lipinski definition) is 1. The number of rotatable bonds is 9. The van der Waals surface area contributed by atoms with Crippen LogP contribution in [0.25, 0.3) is 6.08 Å². The molecule has 0 atom stereocenters. The number of hydrogen-bond acceptors (Lipinski definition) is 7. The summed E-state index contributed by atoms with van der Waals surface area (Å²) in [5.74, 6) is 0.792. The molecule has 0 saturated heterocycles. The maximum atomic E-state index is 11.8. The molecule has 1 N–H and O–H groups in total. The maximum absolute atomic E-state index is 11.8. The highest BCUT2D eigenvalue weighted by Crippen LogP contribution is 2.13. The van der Waals surface area contributed by atoms with E-state index in [0.717, 1.165) is 17.6 Å². The highest BCUT2D eigenvalue weighted by molar-refractivity contribution is 7.90. The first-order chi connectivity index (χ1) is 12.4. The summed E-state index contributed by atoms with van der Waals surface area (Å²) in [5.41, 5.74) is 0.891. The second-order valence-corrected chi connectivity index (χ2v) is 7.36. The SMILES string of the molecule is CCOc1ccc(/C=C/C(=O)NCCCc2nnc(S(C)(=O)=O)o2)cc1. The zero-order valence-corrected chi connectivity index (χ0v) is 15.5. The van der Waals surface area contributed by atoms with E-state index in [1.54, 1.807) is 6.08 Å².